The first kappa shape index (κ1) is 20.0. The van der Waals surface area contributed by atoms with Gasteiger partial charge in [0.25, 0.3) is 0 Å². The van der Waals surface area contributed by atoms with Crippen LogP contribution in [0.15, 0.2) is 41.4 Å². The second-order valence-corrected chi connectivity index (χ2v) is 8.52. The number of likely N-dealkylation sites (N-methyl/N-ethyl adjacent to an activating group) is 1. The summed E-state index contributed by atoms with van der Waals surface area (Å²) >= 11 is 5.66. The van der Waals surface area contributed by atoms with Gasteiger partial charge in [0.15, 0.2) is 0 Å². The molecule has 6 nitrogen and oxygen atoms in total. The van der Waals surface area contributed by atoms with Gasteiger partial charge in [-0.05, 0) is 36.4 Å². The molecule has 1 aromatic carbocycles. The highest BCUT2D eigenvalue weighted by atomic mass is 35.5. The zero-order valence-electron chi connectivity index (χ0n) is 15.0. The van der Waals surface area contributed by atoms with Crippen LogP contribution in [0, 0.1) is 5.82 Å². The Morgan fingerprint density at radius 3 is 2.52 bits per heavy atom. The van der Waals surface area contributed by atoms with Crippen molar-refractivity contribution in [2.45, 2.75) is 18.4 Å². The van der Waals surface area contributed by atoms with Gasteiger partial charge in [-0.25, -0.2) is 22.5 Å². The number of halogens is 2. The van der Waals surface area contributed by atoms with Gasteiger partial charge in [0.2, 0.25) is 10.0 Å². The molecule has 2 aromatic rings. The molecule has 0 saturated carbocycles. The number of hydrogen-bond donors (Lipinski definition) is 1. The molecule has 0 unspecified atom stereocenters. The number of rotatable bonds is 6. The summed E-state index contributed by atoms with van der Waals surface area (Å²) in [5.41, 5.74) is 0.698. The molecule has 9 heteroatoms. The lowest BCUT2D eigenvalue weighted by molar-refractivity contribution is 0.270. The third-order valence-corrected chi connectivity index (χ3v) is 6.27. The highest BCUT2D eigenvalue weighted by Gasteiger charge is 2.20. The van der Waals surface area contributed by atoms with Crippen molar-refractivity contribution in [3.8, 4) is 0 Å². The first-order valence-corrected chi connectivity index (χ1v) is 10.6. The van der Waals surface area contributed by atoms with Crippen LogP contribution in [0.4, 0.5) is 10.2 Å². The maximum Gasteiger partial charge on any atom is 0.243 e. The van der Waals surface area contributed by atoms with E-state index in [1.165, 1.54) is 6.07 Å². The van der Waals surface area contributed by atoms with E-state index in [9.17, 15) is 12.8 Å². The van der Waals surface area contributed by atoms with Gasteiger partial charge >= 0.3 is 0 Å². The SMILES string of the molecule is CCN1CCN(c2ccc(CNS(=O)(=O)c3ccc(Cl)cc3F)cn2)CC1. The minimum atomic E-state index is -3.97. The van der Waals surface area contributed by atoms with Crippen molar-refractivity contribution in [1.82, 2.24) is 14.6 Å². The van der Waals surface area contributed by atoms with Crippen molar-refractivity contribution in [1.29, 1.82) is 0 Å². The maximum absolute atomic E-state index is 13.9. The zero-order chi connectivity index (χ0) is 19.4. The summed E-state index contributed by atoms with van der Waals surface area (Å²) in [4.78, 5) is 8.61. The normalized spacial score (nSPS) is 15.9. The van der Waals surface area contributed by atoms with Crippen LogP contribution in [0.5, 0.6) is 0 Å². The Morgan fingerprint density at radius 2 is 1.93 bits per heavy atom. The van der Waals surface area contributed by atoms with Gasteiger partial charge in [0.1, 0.15) is 16.5 Å². The van der Waals surface area contributed by atoms with Crippen LogP contribution in [0.2, 0.25) is 5.02 Å². The van der Waals surface area contributed by atoms with Gasteiger partial charge in [0.05, 0.1) is 0 Å². The number of sulfonamides is 1. The smallest absolute Gasteiger partial charge is 0.243 e. The van der Waals surface area contributed by atoms with Crippen LogP contribution in [0.1, 0.15) is 12.5 Å². The summed E-state index contributed by atoms with van der Waals surface area (Å²) in [6.45, 7) is 7.08. The predicted molar refractivity (Wildman–Crippen MR) is 104 cm³/mol. The molecule has 2 heterocycles. The molecule has 1 aliphatic rings. The van der Waals surface area contributed by atoms with E-state index in [1.807, 2.05) is 12.1 Å². The van der Waals surface area contributed by atoms with Gasteiger partial charge in [0, 0.05) is 43.9 Å². The summed E-state index contributed by atoms with van der Waals surface area (Å²) in [5.74, 6) is -0.00389. The first-order valence-electron chi connectivity index (χ1n) is 8.76. The lowest BCUT2D eigenvalue weighted by Gasteiger charge is -2.34. The number of aromatic nitrogens is 1. The van der Waals surface area contributed by atoms with Crippen molar-refractivity contribution in [2.75, 3.05) is 37.6 Å². The molecule has 1 saturated heterocycles. The van der Waals surface area contributed by atoms with Crippen molar-refractivity contribution < 1.29 is 12.8 Å². The monoisotopic (exact) mass is 412 g/mol. The molecule has 1 aliphatic heterocycles. The summed E-state index contributed by atoms with van der Waals surface area (Å²) in [6, 6.07) is 7.18. The second kappa shape index (κ2) is 8.52. The average molecular weight is 413 g/mol. The number of pyridine rings is 1. The van der Waals surface area contributed by atoms with E-state index in [0.717, 1.165) is 50.7 Å². The fourth-order valence-electron chi connectivity index (χ4n) is 2.95. The number of nitrogens with one attached hydrogen (secondary N) is 1. The molecule has 0 bridgehead atoms. The van der Waals surface area contributed by atoms with Crippen LogP contribution in [0.3, 0.4) is 0 Å². The van der Waals surface area contributed by atoms with E-state index in [4.69, 9.17) is 11.6 Å². The van der Waals surface area contributed by atoms with Gasteiger partial charge in [-0.3, -0.25) is 0 Å². The summed E-state index contributed by atoms with van der Waals surface area (Å²) in [5, 5.41) is 0.144. The second-order valence-electron chi connectivity index (χ2n) is 6.35. The fraction of sp³-hybridized carbons (Fsp3) is 0.389. The number of nitrogens with zero attached hydrogens (tertiary/aromatic N) is 3. The van der Waals surface area contributed by atoms with E-state index in [2.05, 4.69) is 26.4 Å². The molecule has 1 aromatic heterocycles. The van der Waals surface area contributed by atoms with E-state index in [1.54, 1.807) is 6.20 Å². The Labute approximate surface area is 164 Å². The molecule has 27 heavy (non-hydrogen) atoms. The largest absolute Gasteiger partial charge is 0.354 e. The molecule has 0 aliphatic carbocycles. The number of benzene rings is 1. The van der Waals surface area contributed by atoms with Crippen molar-refractivity contribution in [2.24, 2.45) is 0 Å². The molecule has 0 spiro atoms. The number of piperazine rings is 1. The Morgan fingerprint density at radius 1 is 1.19 bits per heavy atom. The van der Waals surface area contributed by atoms with Gasteiger partial charge < -0.3 is 9.80 Å². The average Bonchev–Trinajstić information content (AvgIpc) is 2.67. The molecule has 3 rings (SSSR count). The third kappa shape index (κ3) is 4.95. The molecule has 1 N–H and O–H groups in total. The zero-order valence-corrected chi connectivity index (χ0v) is 16.6. The topological polar surface area (TPSA) is 65.5 Å². The van der Waals surface area contributed by atoms with E-state index in [-0.39, 0.29) is 11.6 Å². The van der Waals surface area contributed by atoms with Crippen LogP contribution in [0.25, 0.3) is 0 Å². The Balaban J connectivity index is 1.61. The maximum atomic E-state index is 13.9. The third-order valence-electron chi connectivity index (χ3n) is 4.60. The Hall–Kier alpha value is -1.74. The van der Waals surface area contributed by atoms with Crippen molar-refractivity contribution in [3.05, 3.63) is 52.9 Å². The quantitative estimate of drug-likeness (QED) is 0.789. The van der Waals surface area contributed by atoms with Gasteiger partial charge in [-0.15, -0.1) is 0 Å². The molecular formula is C18H22ClFN4O2S. The minimum absolute atomic E-state index is 0.0291. The highest BCUT2D eigenvalue weighted by Crippen LogP contribution is 2.19. The first-order chi connectivity index (χ1) is 12.9. The molecule has 146 valence electrons. The van der Waals surface area contributed by atoms with Crippen LogP contribution in [-0.2, 0) is 16.6 Å². The van der Waals surface area contributed by atoms with Crippen molar-refractivity contribution >= 4 is 27.4 Å². The molecule has 0 amide bonds. The van der Waals surface area contributed by atoms with Gasteiger partial charge in [-0.1, -0.05) is 24.6 Å². The molecule has 0 atom stereocenters. The number of hydrogen-bond acceptors (Lipinski definition) is 5. The summed E-state index contributed by atoms with van der Waals surface area (Å²) in [6.07, 6.45) is 1.64. The van der Waals surface area contributed by atoms with Crippen molar-refractivity contribution in [3.63, 3.8) is 0 Å². The lowest BCUT2D eigenvalue weighted by atomic mass is 10.2. The standard InChI is InChI=1S/C18H22ClFN4O2S/c1-2-23-7-9-24(10-8-23)18-6-3-14(12-21-18)13-22-27(25,26)17-5-4-15(19)11-16(17)20/h3-6,11-12,22H,2,7-10,13H2,1H3. The summed E-state index contributed by atoms with van der Waals surface area (Å²) < 4.78 is 40.8. The van der Waals surface area contributed by atoms with E-state index < -0.39 is 20.7 Å². The van der Waals surface area contributed by atoms with E-state index >= 15 is 0 Å². The van der Waals surface area contributed by atoms with Crippen LogP contribution < -0.4 is 9.62 Å². The lowest BCUT2D eigenvalue weighted by Crippen LogP contribution is -2.46. The summed E-state index contributed by atoms with van der Waals surface area (Å²) in [7, 11) is -3.97. The van der Waals surface area contributed by atoms with Gasteiger partial charge in [-0.2, -0.15) is 0 Å². The minimum Gasteiger partial charge on any atom is -0.354 e. The fourth-order valence-corrected chi connectivity index (χ4v) is 4.18. The van der Waals surface area contributed by atoms with E-state index in [0.29, 0.717) is 5.56 Å². The Bertz CT molecular complexity index is 885. The molecule has 0 radical (unpaired) electrons. The molecule has 1 fully saturated rings. The highest BCUT2D eigenvalue weighted by molar-refractivity contribution is 7.89. The molecular weight excluding hydrogens is 391 g/mol. The predicted octanol–water partition coefficient (Wildman–Crippen LogP) is 2.49. The number of anilines is 1. The van der Waals surface area contributed by atoms with Crippen LogP contribution >= 0.6 is 11.6 Å². The van der Waals surface area contributed by atoms with Crippen LogP contribution in [-0.4, -0.2) is 51.0 Å². The Kier molecular flexibility index (Phi) is 6.31.